The summed E-state index contributed by atoms with van der Waals surface area (Å²) in [6.07, 6.45) is 1.43. The number of aromatic nitrogens is 2. The van der Waals surface area contributed by atoms with Gasteiger partial charge in [0.1, 0.15) is 5.82 Å². The molecule has 25 heavy (non-hydrogen) atoms. The molecule has 2 aromatic heterocycles. The highest BCUT2D eigenvalue weighted by molar-refractivity contribution is 5.92. The first-order valence-corrected chi connectivity index (χ1v) is 7.98. The fraction of sp³-hybridized carbons (Fsp3) is 0.278. The number of aromatic carboxylic acids is 1. The third-order valence-electron chi connectivity index (χ3n) is 3.76. The summed E-state index contributed by atoms with van der Waals surface area (Å²) in [5.74, 6) is -0.334. The summed E-state index contributed by atoms with van der Waals surface area (Å²) >= 11 is 0. The molecule has 1 aromatic carbocycles. The summed E-state index contributed by atoms with van der Waals surface area (Å²) in [5.41, 5.74) is 1.46. The van der Waals surface area contributed by atoms with Crippen LogP contribution < -0.4 is 10.4 Å². The molecule has 3 aromatic rings. The number of carboxylic acids is 1. The van der Waals surface area contributed by atoms with Gasteiger partial charge in [-0.3, -0.25) is 4.79 Å². The van der Waals surface area contributed by atoms with Gasteiger partial charge < -0.3 is 24.2 Å². The Morgan fingerprint density at radius 2 is 2.12 bits per heavy atom. The van der Waals surface area contributed by atoms with Crippen LogP contribution >= 0.6 is 0 Å². The van der Waals surface area contributed by atoms with Gasteiger partial charge in [0.05, 0.1) is 29.8 Å². The number of carboxylic acid groups (broad SMARTS) is 1. The lowest BCUT2D eigenvalue weighted by molar-refractivity contribution is -0.255. The molecule has 0 saturated carbocycles. The maximum Gasteiger partial charge on any atom is 0.287 e. The number of rotatable bonds is 6. The lowest BCUT2D eigenvalue weighted by atomic mass is 10.2. The van der Waals surface area contributed by atoms with E-state index in [4.69, 9.17) is 4.42 Å². The number of hydrogen-bond donors (Lipinski definition) is 1. The van der Waals surface area contributed by atoms with E-state index in [1.165, 1.54) is 18.4 Å². The molecule has 0 bridgehead atoms. The smallest absolute Gasteiger partial charge is 0.287 e. The first-order chi connectivity index (χ1) is 12.0. The third-order valence-corrected chi connectivity index (χ3v) is 3.76. The second-order valence-corrected chi connectivity index (χ2v) is 6.18. The molecule has 0 aliphatic heterocycles. The van der Waals surface area contributed by atoms with Crippen molar-refractivity contribution in [2.24, 2.45) is 5.92 Å². The Morgan fingerprint density at radius 1 is 1.32 bits per heavy atom. The largest absolute Gasteiger partial charge is 0.545 e. The minimum absolute atomic E-state index is 0.0767. The highest BCUT2D eigenvalue weighted by atomic mass is 16.4. The van der Waals surface area contributed by atoms with E-state index in [1.54, 1.807) is 18.2 Å². The fourth-order valence-corrected chi connectivity index (χ4v) is 2.66. The number of hydrogen-bond acceptors (Lipinski definition) is 5. The van der Waals surface area contributed by atoms with Crippen molar-refractivity contribution in [3.8, 4) is 0 Å². The summed E-state index contributed by atoms with van der Waals surface area (Å²) in [7, 11) is 0. The van der Waals surface area contributed by atoms with Crippen LogP contribution in [0.4, 0.5) is 0 Å². The molecule has 0 unspecified atom stereocenters. The van der Waals surface area contributed by atoms with Crippen molar-refractivity contribution in [3.05, 3.63) is 53.7 Å². The first-order valence-electron chi connectivity index (χ1n) is 7.98. The van der Waals surface area contributed by atoms with Crippen LogP contribution in [0.1, 0.15) is 40.6 Å². The van der Waals surface area contributed by atoms with Crippen molar-refractivity contribution in [3.63, 3.8) is 0 Å². The molecular formula is C18H18N3O4-. The number of nitrogens with zero attached hydrogens (tertiary/aromatic N) is 2. The topological polar surface area (TPSA) is 100 Å². The molecule has 0 saturated heterocycles. The van der Waals surface area contributed by atoms with Crippen LogP contribution in [0, 0.1) is 5.92 Å². The Labute approximate surface area is 144 Å². The number of benzene rings is 1. The highest BCUT2D eigenvalue weighted by Gasteiger charge is 2.15. The standard InChI is InChI=1S/C18H19N3O4/c1-11(2)10-21-14-6-5-12(18(23)24)8-13(14)20-16(21)9-19-17(22)15-4-3-7-25-15/h3-8,11H,9-10H2,1-2H3,(H,19,22)(H,23,24)/p-1. The van der Waals surface area contributed by atoms with Gasteiger partial charge in [-0.15, -0.1) is 0 Å². The van der Waals surface area contributed by atoms with E-state index in [1.807, 2.05) is 4.57 Å². The van der Waals surface area contributed by atoms with Crippen LogP contribution in [0.2, 0.25) is 0 Å². The molecule has 0 atom stereocenters. The molecule has 0 spiro atoms. The molecule has 1 N–H and O–H groups in total. The number of imidazole rings is 1. The molecule has 2 heterocycles. The SMILES string of the molecule is CC(C)Cn1c(CNC(=O)c2ccco2)nc2cc(C(=O)[O-])ccc21. The van der Waals surface area contributed by atoms with Crippen LogP contribution in [0.15, 0.2) is 41.0 Å². The molecule has 0 aliphatic carbocycles. The first kappa shape index (κ1) is 16.8. The second kappa shape index (κ2) is 6.80. The molecule has 0 fully saturated rings. The van der Waals surface area contributed by atoms with Crippen LogP contribution in [-0.4, -0.2) is 21.4 Å². The van der Waals surface area contributed by atoms with Crippen LogP contribution in [-0.2, 0) is 13.1 Å². The van der Waals surface area contributed by atoms with Crippen LogP contribution in [0.25, 0.3) is 11.0 Å². The zero-order valence-electron chi connectivity index (χ0n) is 14.0. The molecule has 0 radical (unpaired) electrons. The average Bonchev–Trinajstić information content (AvgIpc) is 3.20. The predicted octanol–water partition coefficient (Wildman–Crippen LogP) is 1.58. The van der Waals surface area contributed by atoms with Crippen molar-refractivity contribution in [1.29, 1.82) is 0 Å². The van der Waals surface area contributed by atoms with Crippen LogP contribution in [0.5, 0.6) is 0 Å². The minimum atomic E-state index is -1.24. The summed E-state index contributed by atoms with van der Waals surface area (Å²) in [6.45, 7) is 5.06. The van der Waals surface area contributed by atoms with Crippen molar-refractivity contribution < 1.29 is 19.1 Å². The van der Waals surface area contributed by atoms with Gasteiger partial charge in [0, 0.05) is 6.54 Å². The van der Waals surface area contributed by atoms with Crippen molar-refractivity contribution in [2.75, 3.05) is 0 Å². The average molecular weight is 340 g/mol. The van der Waals surface area contributed by atoms with Gasteiger partial charge in [0.2, 0.25) is 0 Å². The number of fused-ring (bicyclic) bond motifs is 1. The molecule has 1 amide bonds. The van der Waals surface area contributed by atoms with Gasteiger partial charge in [-0.25, -0.2) is 4.98 Å². The van der Waals surface area contributed by atoms with Crippen molar-refractivity contribution >= 4 is 22.9 Å². The Morgan fingerprint density at radius 3 is 2.76 bits per heavy atom. The lowest BCUT2D eigenvalue weighted by Crippen LogP contribution is -2.24. The van der Waals surface area contributed by atoms with Crippen LogP contribution in [0.3, 0.4) is 0 Å². The number of nitrogens with one attached hydrogen (secondary N) is 1. The maximum absolute atomic E-state index is 12.0. The summed E-state index contributed by atoms with van der Waals surface area (Å²) < 4.78 is 7.06. The fourth-order valence-electron chi connectivity index (χ4n) is 2.66. The normalized spacial score (nSPS) is 11.2. The molecule has 0 aliphatic rings. The second-order valence-electron chi connectivity index (χ2n) is 6.18. The molecular weight excluding hydrogens is 322 g/mol. The lowest BCUT2D eigenvalue weighted by Gasteiger charge is -2.12. The van der Waals surface area contributed by atoms with Crippen molar-refractivity contribution in [2.45, 2.75) is 26.9 Å². The van der Waals surface area contributed by atoms with Gasteiger partial charge in [0.15, 0.2) is 5.76 Å². The van der Waals surface area contributed by atoms with Gasteiger partial charge in [-0.2, -0.15) is 0 Å². The number of amides is 1. The van der Waals surface area contributed by atoms with E-state index < -0.39 is 5.97 Å². The van der Waals surface area contributed by atoms with E-state index in [-0.39, 0.29) is 23.8 Å². The van der Waals surface area contributed by atoms with Gasteiger partial charge in [-0.1, -0.05) is 19.9 Å². The summed E-state index contributed by atoms with van der Waals surface area (Å²) in [4.78, 5) is 27.6. The van der Waals surface area contributed by atoms with Gasteiger partial charge in [0.25, 0.3) is 5.91 Å². The van der Waals surface area contributed by atoms with E-state index in [2.05, 4.69) is 24.1 Å². The van der Waals surface area contributed by atoms with E-state index in [0.717, 1.165) is 5.52 Å². The third kappa shape index (κ3) is 3.55. The maximum atomic E-state index is 12.0. The molecule has 3 rings (SSSR count). The number of carbonyl (C=O) groups is 2. The van der Waals surface area contributed by atoms with Gasteiger partial charge in [-0.05, 0) is 35.7 Å². The summed E-state index contributed by atoms with van der Waals surface area (Å²) in [5, 5.41) is 13.8. The number of furan rings is 1. The molecule has 7 heteroatoms. The van der Waals surface area contributed by atoms with Gasteiger partial charge >= 0.3 is 0 Å². The Bertz CT molecular complexity index is 910. The quantitative estimate of drug-likeness (QED) is 0.734. The highest BCUT2D eigenvalue weighted by Crippen LogP contribution is 2.20. The predicted molar refractivity (Wildman–Crippen MR) is 88.8 cm³/mol. The van der Waals surface area contributed by atoms with E-state index >= 15 is 0 Å². The zero-order valence-corrected chi connectivity index (χ0v) is 14.0. The molecule has 130 valence electrons. The Hall–Kier alpha value is -3.09. The number of carbonyl (C=O) groups excluding carboxylic acids is 2. The van der Waals surface area contributed by atoms with E-state index in [0.29, 0.717) is 23.8 Å². The monoisotopic (exact) mass is 340 g/mol. The minimum Gasteiger partial charge on any atom is -0.545 e. The summed E-state index contributed by atoms with van der Waals surface area (Å²) in [6, 6.07) is 7.93. The Balaban J connectivity index is 1.91. The van der Waals surface area contributed by atoms with E-state index in [9.17, 15) is 14.7 Å². The zero-order chi connectivity index (χ0) is 18.0. The van der Waals surface area contributed by atoms with Crippen molar-refractivity contribution in [1.82, 2.24) is 14.9 Å². The Kier molecular flexibility index (Phi) is 4.56. The molecule has 7 nitrogen and oxygen atoms in total.